The van der Waals surface area contributed by atoms with Gasteiger partial charge in [-0.3, -0.25) is 9.80 Å². The van der Waals surface area contributed by atoms with E-state index >= 15 is 8.78 Å². The minimum Gasteiger partial charge on any atom is -0.472 e. The molecule has 7 heterocycles. The highest BCUT2D eigenvalue weighted by Crippen LogP contribution is 2.57. The summed E-state index contributed by atoms with van der Waals surface area (Å²) in [7, 11) is 0. The van der Waals surface area contributed by atoms with Crippen molar-refractivity contribution in [2.75, 3.05) is 24.6 Å². The topological polar surface area (TPSA) is 93.2 Å². The van der Waals surface area contributed by atoms with Crippen LogP contribution in [0.3, 0.4) is 0 Å². The highest BCUT2D eigenvalue weighted by molar-refractivity contribution is 6.03. The van der Waals surface area contributed by atoms with Crippen LogP contribution in [0.5, 0.6) is 11.9 Å². The second-order valence-corrected chi connectivity index (χ2v) is 17.1. The standard InChI is InChI=1S/C42H42F2N6O4/c1-7-26-28(43)13-11-23-9-8-10-27(31(23)26)34-33(44)35-32-37(47-39(46-35)52-20-42-16-21(2)18-49(42)30-15-24(30)17-42)48-19-25-12-14-29(36(48)22(3)53-38(32)45-34)50(25)40(51)54-41(4,5)6/h1,8-11,13,22,24-25,29-30,36H,2,12,14-20H2,3-6H3/t22-,24+,25+,29-,30+,36+,42?/m0/s1. The van der Waals surface area contributed by atoms with Crippen LogP contribution in [-0.2, 0) is 4.74 Å². The largest absolute Gasteiger partial charge is 0.472 e. The minimum absolute atomic E-state index is 0.0140. The van der Waals surface area contributed by atoms with Crippen LogP contribution in [0.15, 0.2) is 42.5 Å². The van der Waals surface area contributed by atoms with Gasteiger partial charge in [0.2, 0.25) is 5.88 Å². The Morgan fingerprint density at radius 2 is 1.96 bits per heavy atom. The van der Waals surface area contributed by atoms with Crippen LogP contribution in [0.4, 0.5) is 19.4 Å². The molecule has 1 saturated carbocycles. The number of benzene rings is 2. The number of piperidine rings is 1. The molecular weight excluding hydrogens is 690 g/mol. The molecule has 6 aliphatic rings. The predicted octanol–water partition coefficient (Wildman–Crippen LogP) is 7.01. The molecule has 54 heavy (non-hydrogen) atoms. The van der Waals surface area contributed by atoms with Gasteiger partial charge in [-0.15, -0.1) is 6.42 Å². The van der Waals surface area contributed by atoms with E-state index in [-0.39, 0.29) is 58.4 Å². The molecule has 7 atom stereocenters. The Kier molecular flexibility index (Phi) is 7.14. The Bertz CT molecular complexity index is 2360. The van der Waals surface area contributed by atoms with Gasteiger partial charge >= 0.3 is 12.1 Å². The molecule has 2 aromatic carbocycles. The molecule has 278 valence electrons. The summed E-state index contributed by atoms with van der Waals surface area (Å²) in [6, 6.07) is 7.99. The molecule has 1 unspecified atom stereocenters. The lowest BCUT2D eigenvalue weighted by Gasteiger charge is -2.48. The normalized spacial score (nSPS) is 29.4. The molecule has 10 nitrogen and oxygen atoms in total. The summed E-state index contributed by atoms with van der Waals surface area (Å²) in [5.74, 6) is 2.41. The number of hydrogen-bond acceptors (Lipinski definition) is 9. The van der Waals surface area contributed by atoms with Crippen molar-refractivity contribution in [1.82, 2.24) is 24.8 Å². The van der Waals surface area contributed by atoms with Gasteiger partial charge in [0.1, 0.15) is 46.5 Å². The first-order valence-corrected chi connectivity index (χ1v) is 18.9. The molecule has 10 rings (SSSR count). The number of piperazine rings is 1. The monoisotopic (exact) mass is 732 g/mol. The number of aromatic nitrogens is 3. The molecule has 4 saturated heterocycles. The SMILES string of the molecule is C#Cc1c(F)ccc2cccc(-c3nc4c5c(nc(OCC67CC(=C)CN6[C@@H]6C[C@@H]6C7)nc5c3F)N3C[C@H]5CC[C@@H]([C@H]3[C@H](C)O4)N5C(=O)OC(C)(C)C)c12. The molecule has 0 spiro atoms. The number of terminal acetylenes is 1. The fourth-order valence-corrected chi connectivity index (χ4v) is 10.4. The van der Waals surface area contributed by atoms with Crippen molar-refractivity contribution in [3.8, 4) is 35.5 Å². The van der Waals surface area contributed by atoms with E-state index < -0.39 is 23.3 Å². The van der Waals surface area contributed by atoms with Gasteiger partial charge in [0, 0.05) is 30.1 Å². The Morgan fingerprint density at radius 1 is 1.13 bits per heavy atom. The van der Waals surface area contributed by atoms with Crippen molar-refractivity contribution in [3.05, 3.63) is 59.7 Å². The van der Waals surface area contributed by atoms with Crippen LogP contribution < -0.4 is 14.4 Å². The van der Waals surface area contributed by atoms with Crippen molar-refractivity contribution < 1.29 is 27.8 Å². The average Bonchev–Trinajstić information content (AvgIpc) is 3.60. The van der Waals surface area contributed by atoms with Crippen LogP contribution in [0.25, 0.3) is 32.9 Å². The molecule has 2 bridgehead atoms. The Labute approximate surface area is 312 Å². The van der Waals surface area contributed by atoms with Crippen LogP contribution in [-0.4, -0.2) is 92.0 Å². The second-order valence-electron chi connectivity index (χ2n) is 17.1. The third kappa shape index (κ3) is 4.93. The van der Waals surface area contributed by atoms with Crippen LogP contribution in [0.1, 0.15) is 65.4 Å². The molecule has 1 aliphatic carbocycles. The smallest absolute Gasteiger partial charge is 0.410 e. The van der Waals surface area contributed by atoms with E-state index in [1.807, 2.05) is 32.6 Å². The lowest BCUT2D eigenvalue weighted by molar-refractivity contribution is 0.000937. The highest BCUT2D eigenvalue weighted by Gasteiger charge is 2.62. The van der Waals surface area contributed by atoms with E-state index in [0.29, 0.717) is 52.7 Å². The number of anilines is 1. The maximum Gasteiger partial charge on any atom is 0.410 e. The molecule has 5 aliphatic heterocycles. The van der Waals surface area contributed by atoms with Crippen molar-refractivity contribution >= 4 is 33.6 Å². The van der Waals surface area contributed by atoms with Crippen LogP contribution in [0.2, 0.25) is 0 Å². The summed E-state index contributed by atoms with van der Waals surface area (Å²) in [5.41, 5.74) is 0.577. The highest BCUT2D eigenvalue weighted by atomic mass is 19.1. The molecule has 12 heteroatoms. The van der Waals surface area contributed by atoms with E-state index in [0.717, 1.165) is 32.2 Å². The number of fused-ring (bicyclic) bond motifs is 9. The molecule has 1 amide bonds. The first kappa shape index (κ1) is 33.5. The zero-order valence-electron chi connectivity index (χ0n) is 30.9. The van der Waals surface area contributed by atoms with E-state index in [9.17, 15) is 4.79 Å². The number of carbonyl (C=O) groups excluding carboxylic acids is 1. The zero-order chi connectivity index (χ0) is 37.4. The predicted molar refractivity (Wildman–Crippen MR) is 199 cm³/mol. The summed E-state index contributed by atoms with van der Waals surface area (Å²) in [6.45, 7) is 13.5. The molecule has 5 fully saturated rings. The van der Waals surface area contributed by atoms with E-state index in [1.165, 1.54) is 18.1 Å². The van der Waals surface area contributed by atoms with Crippen molar-refractivity contribution in [2.45, 2.75) is 101 Å². The Hall–Kier alpha value is -5.02. The third-order valence-electron chi connectivity index (χ3n) is 12.4. The summed E-state index contributed by atoms with van der Waals surface area (Å²) in [6.07, 6.45) is 9.51. The molecule has 2 aromatic heterocycles. The lowest BCUT2D eigenvalue weighted by atomic mass is 9.92. The van der Waals surface area contributed by atoms with Crippen LogP contribution in [0, 0.1) is 29.9 Å². The summed E-state index contributed by atoms with van der Waals surface area (Å²) < 4.78 is 51.7. The number of hydrogen-bond donors (Lipinski definition) is 0. The summed E-state index contributed by atoms with van der Waals surface area (Å²) in [5, 5.41) is 1.33. The van der Waals surface area contributed by atoms with E-state index in [4.69, 9.17) is 35.6 Å². The number of amides is 1. The maximum atomic E-state index is 17.4. The van der Waals surface area contributed by atoms with Crippen molar-refractivity contribution in [1.29, 1.82) is 0 Å². The first-order valence-electron chi connectivity index (χ1n) is 18.9. The van der Waals surface area contributed by atoms with Gasteiger partial charge in [0.25, 0.3) is 0 Å². The molecule has 4 aromatic rings. The number of carbonyl (C=O) groups is 1. The zero-order valence-corrected chi connectivity index (χ0v) is 30.9. The molecule has 0 radical (unpaired) electrons. The van der Waals surface area contributed by atoms with Gasteiger partial charge in [0.05, 0.1) is 29.2 Å². The van der Waals surface area contributed by atoms with Gasteiger partial charge < -0.3 is 19.1 Å². The lowest BCUT2D eigenvalue weighted by Crippen LogP contribution is -2.65. The van der Waals surface area contributed by atoms with E-state index in [2.05, 4.69) is 22.3 Å². The van der Waals surface area contributed by atoms with E-state index in [1.54, 1.807) is 24.3 Å². The van der Waals surface area contributed by atoms with Gasteiger partial charge in [-0.2, -0.15) is 9.97 Å². The fraction of sp³-hybridized carbons (Fsp3) is 0.476. The van der Waals surface area contributed by atoms with Gasteiger partial charge in [-0.1, -0.05) is 42.3 Å². The summed E-state index contributed by atoms with van der Waals surface area (Å²) in [4.78, 5) is 34.8. The third-order valence-corrected chi connectivity index (χ3v) is 12.4. The van der Waals surface area contributed by atoms with Gasteiger partial charge in [-0.25, -0.2) is 18.6 Å². The number of nitrogens with zero attached hydrogens (tertiary/aromatic N) is 6. The Morgan fingerprint density at radius 3 is 2.76 bits per heavy atom. The average molecular weight is 733 g/mol. The van der Waals surface area contributed by atoms with Gasteiger partial charge in [-0.05, 0) is 77.2 Å². The number of pyridine rings is 1. The number of halogens is 2. The number of ether oxygens (including phenoxy) is 3. The molecule has 0 N–H and O–H groups in total. The minimum atomic E-state index is -0.719. The Balaban J connectivity index is 1.14. The van der Waals surface area contributed by atoms with Crippen molar-refractivity contribution in [2.24, 2.45) is 5.92 Å². The quantitative estimate of drug-likeness (QED) is 0.162. The number of rotatable bonds is 4. The second kappa shape index (κ2) is 11.5. The maximum absolute atomic E-state index is 17.4. The van der Waals surface area contributed by atoms with Crippen LogP contribution >= 0.6 is 0 Å². The fourth-order valence-electron chi connectivity index (χ4n) is 10.4. The molecular formula is C42H42F2N6O4. The van der Waals surface area contributed by atoms with Gasteiger partial charge in [0.15, 0.2) is 5.82 Å². The first-order chi connectivity index (χ1) is 25.8. The van der Waals surface area contributed by atoms with Crippen molar-refractivity contribution in [3.63, 3.8) is 0 Å². The summed E-state index contributed by atoms with van der Waals surface area (Å²) >= 11 is 0.